The van der Waals surface area contributed by atoms with Gasteiger partial charge in [-0.05, 0) is 45.4 Å². The van der Waals surface area contributed by atoms with Crippen molar-refractivity contribution < 1.29 is 14.3 Å². The van der Waals surface area contributed by atoms with Crippen molar-refractivity contribution in [3.63, 3.8) is 0 Å². The highest BCUT2D eigenvalue weighted by Crippen LogP contribution is 2.42. The molecule has 1 aliphatic carbocycles. The fourth-order valence-electron chi connectivity index (χ4n) is 3.46. The molecule has 3 rings (SSSR count). The summed E-state index contributed by atoms with van der Waals surface area (Å²) in [7, 11) is 0. The number of ketones is 1. The second kappa shape index (κ2) is 6.40. The van der Waals surface area contributed by atoms with Gasteiger partial charge in [-0.15, -0.1) is 0 Å². The molecule has 0 radical (unpaired) electrons. The van der Waals surface area contributed by atoms with Gasteiger partial charge in [0.15, 0.2) is 5.78 Å². The Hall–Kier alpha value is -2.14. The summed E-state index contributed by atoms with van der Waals surface area (Å²) >= 11 is 0. The maximum absolute atomic E-state index is 12.4. The van der Waals surface area contributed by atoms with E-state index in [1.165, 1.54) is 6.42 Å². The summed E-state index contributed by atoms with van der Waals surface area (Å²) in [6, 6.07) is 7.40. The molecule has 1 heterocycles. The number of Topliss-reactive ketones (excluding diaryl/α,β-unsaturated/α-hetero) is 1. The van der Waals surface area contributed by atoms with Gasteiger partial charge >= 0.3 is 5.97 Å². The van der Waals surface area contributed by atoms with E-state index < -0.39 is 0 Å². The highest BCUT2D eigenvalue weighted by Gasteiger charge is 2.37. The van der Waals surface area contributed by atoms with Crippen LogP contribution in [-0.2, 0) is 11.3 Å². The zero-order valence-electron chi connectivity index (χ0n) is 14.3. The lowest BCUT2D eigenvalue weighted by Crippen LogP contribution is -2.41. The zero-order chi connectivity index (χ0) is 17.3. The Balaban J connectivity index is 2.12. The first-order valence-electron chi connectivity index (χ1n) is 8.51. The molecule has 0 unspecified atom stereocenters. The number of ether oxygens (including phenoxy) is 1. The predicted octanol–water partition coefficient (Wildman–Crippen LogP) is 3.15. The number of nitrogens with zero attached hydrogens (tertiary/aromatic N) is 1. The summed E-state index contributed by atoms with van der Waals surface area (Å²) in [5, 5.41) is 0.939. The minimum atomic E-state index is -0.329. The van der Waals surface area contributed by atoms with E-state index in [0.717, 1.165) is 23.7 Å². The number of benzene rings is 1. The molecule has 1 saturated carbocycles. The number of nitrogens with two attached hydrogens (primary N) is 1. The van der Waals surface area contributed by atoms with Crippen molar-refractivity contribution >= 4 is 22.7 Å². The molecule has 5 nitrogen and oxygen atoms in total. The van der Waals surface area contributed by atoms with Gasteiger partial charge in [0.2, 0.25) is 0 Å². The van der Waals surface area contributed by atoms with Crippen LogP contribution in [0.2, 0.25) is 0 Å². The molecule has 1 fully saturated rings. The molecule has 2 aromatic rings. The van der Waals surface area contributed by atoms with Crippen LogP contribution in [0.15, 0.2) is 24.3 Å². The molecule has 0 atom stereocenters. The van der Waals surface area contributed by atoms with Crippen LogP contribution in [0.3, 0.4) is 0 Å². The monoisotopic (exact) mass is 328 g/mol. The largest absolute Gasteiger partial charge is 0.461 e. The van der Waals surface area contributed by atoms with Crippen LogP contribution >= 0.6 is 0 Å². The van der Waals surface area contributed by atoms with Gasteiger partial charge < -0.3 is 15.0 Å². The van der Waals surface area contributed by atoms with Gasteiger partial charge in [-0.2, -0.15) is 0 Å². The Bertz CT molecular complexity index is 782. The first-order chi connectivity index (χ1) is 11.5. The first-order valence-corrected chi connectivity index (χ1v) is 8.51. The van der Waals surface area contributed by atoms with Crippen LogP contribution < -0.4 is 5.73 Å². The fourth-order valence-corrected chi connectivity index (χ4v) is 3.46. The smallest absolute Gasteiger partial charge is 0.354 e. The van der Waals surface area contributed by atoms with Gasteiger partial charge in [-0.3, -0.25) is 4.79 Å². The molecule has 0 spiro atoms. The highest BCUT2D eigenvalue weighted by molar-refractivity contribution is 6.00. The maximum atomic E-state index is 12.4. The highest BCUT2D eigenvalue weighted by atomic mass is 16.5. The summed E-state index contributed by atoms with van der Waals surface area (Å²) in [5.74, 6) is -0.316. The minimum absolute atomic E-state index is 0.0134. The number of esters is 1. The lowest BCUT2D eigenvalue weighted by molar-refractivity contribution is 0.0503. The normalized spacial score (nSPS) is 16.0. The van der Waals surface area contributed by atoms with Crippen molar-refractivity contribution in [3.05, 3.63) is 35.5 Å². The van der Waals surface area contributed by atoms with Crippen molar-refractivity contribution in [1.82, 2.24) is 4.57 Å². The number of rotatable bonds is 6. The van der Waals surface area contributed by atoms with Crippen molar-refractivity contribution in [2.45, 2.75) is 39.7 Å². The van der Waals surface area contributed by atoms with Crippen molar-refractivity contribution in [2.24, 2.45) is 11.1 Å². The Kier molecular flexibility index (Phi) is 4.45. The lowest BCUT2D eigenvalue weighted by Gasteiger charge is -2.41. The number of carbonyl (C=O) groups excluding carboxylic acids is 2. The molecule has 1 aromatic carbocycles. The Morgan fingerprint density at radius 2 is 2.04 bits per heavy atom. The van der Waals surface area contributed by atoms with Gasteiger partial charge in [0.25, 0.3) is 0 Å². The van der Waals surface area contributed by atoms with Gasteiger partial charge in [0.05, 0.1) is 6.61 Å². The van der Waals surface area contributed by atoms with E-state index in [4.69, 9.17) is 10.5 Å². The Labute approximate surface area is 141 Å². The number of aromatic nitrogens is 1. The second-order valence-corrected chi connectivity index (χ2v) is 6.72. The van der Waals surface area contributed by atoms with E-state index >= 15 is 0 Å². The van der Waals surface area contributed by atoms with E-state index in [2.05, 4.69) is 0 Å². The third-order valence-electron chi connectivity index (χ3n) is 5.14. The number of hydrogen-bond acceptors (Lipinski definition) is 4. The Morgan fingerprint density at radius 1 is 1.29 bits per heavy atom. The number of hydrogen-bond donors (Lipinski definition) is 1. The van der Waals surface area contributed by atoms with Gasteiger partial charge in [-0.1, -0.05) is 18.6 Å². The summed E-state index contributed by atoms with van der Waals surface area (Å²) in [6.07, 6.45) is 3.31. The van der Waals surface area contributed by atoms with Crippen molar-refractivity contribution in [1.29, 1.82) is 0 Å². The summed E-state index contributed by atoms with van der Waals surface area (Å²) in [6.45, 7) is 4.96. The summed E-state index contributed by atoms with van der Waals surface area (Å²) in [4.78, 5) is 24.1. The average Bonchev–Trinajstić information content (AvgIpc) is 2.88. The molecule has 1 aromatic heterocycles. The van der Waals surface area contributed by atoms with Gasteiger partial charge in [0.1, 0.15) is 5.69 Å². The molecule has 24 heavy (non-hydrogen) atoms. The average molecular weight is 328 g/mol. The van der Waals surface area contributed by atoms with Crippen LogP contribution in [0, 0.1) is 5.41 Å². The lowest BCUT2D eigenvalue weighted by atomic mass is 9.68. The van der Waals surface area contributed by atoms with Crippen LogP contribution in [0.1, 0.15) is 54.0 Å². The molecule has 5 heteroatoms. The standard InChI is InChI=1S/C19H24N2O3/c1-3-24-18(23)17-10-15-6-5-14(13(2)22)9-16(15)21(17)12-19(11-20)7-4-8-19/h5-6,9-10H,3-4,7-8,11-12,20H2,1-2H3. The molecular formula is C19H24N2O3. The molecule has 0 amide bonds. The van der Waals surface area contributed by atoms with Crippen LogP contribution in [-0.4, -0.2) is 29.5 Å². The number of carbonyl (C=O) groups is 2. The molecule has 0 saturated heterocycles. The van der Waals surface area contributed by atoms with E-state index in [1.54, 1.807) is 19.9 Å². The molecule has 0 aliphatic heterocycles. The topological polar surface area (TPSA) is 74.3 Å². The van der Waals surface area contributed by atoms with Crippen LogP contribution in [0.5, 0.6) is 0 Å². The van der Waals surface area contributed by atoms with E-state index in [-0.39, 0.29) is 17.2 Å². The third-order valence-corrected chi connectivity index (χ3v) is 5.14. The Morgan fingerprint density at radius 3 is 2.58 bits per heavy atom. The fraction of sp³-hybridized carbons (Fsp3) is 0.474. The van der Waals surface area contributed by atoms with E-state index in [1.807, 2.05) is 22.8 Å². The summed E-state index contributed by atoms with van der Waals surface area (Å²) < 4.78 is 7.21. The molecular weight excluding hydrogens is 304 g/mol. The van der Waals surface area contributed by atoms with Crippen molar-refractivity contribution in [2.75, 3.05) is 13.2 Å². The van der Waals surface area contributed by atoms with E-state index in [9.17, 15) is 9.59 Å². The molecule has 1 aliphatic rings. The summed E-state index contributed by atoms with van der Waals surface area (Å²) in [5.41, 5.74) is 8.12. The molecule has 0 bridgehead atoms. The quantitative estimate of drug-likeness (QED) is 0.653. The molecule has 128 valence electrons. The zero-order valence-corrected chi connectivity index (χ0v) is 14.3. The van der Waals surface area contributed by atoms with Gasteiger partial charge in [-0.25, -0.2) is 4.79 Å². The van der Waals surface area contributed by atoms with Crippen molar-refractivity contribution in [3.8, 4) is 0 Å². The number of fused-ring (bicyclic) bond motifs is 1. The third kappa shape index (κ3) is 2.84. The molecule has 2 N–H and O–H groups in total. The van der Waals surface area contributed by atoms with Crippen LogP contribution in [0.4, 0.5) is 0 Å². The second-order valence-electron chi connectivity index (χ2n) is 6.72. The predicted molar refractivity (Wildman–Crippen MR) is 93.2 cm³/mol. The maximum Gasteiger partial charge on any atom is 0.354 e. The van der Waals surface area contributed by atoms with Crippen LogP contribution in [0.25, 0.3) is 10.9 Å². The first kappa shape index (κ1) is 16.7. The van der Waals surface area contributed by atoms with E-state index in [0.29, 0.717) is 31.0 Å². The SMILES string of the molecule is CCOC(=O)c1cc2ccc(C(C)=O)cc2n1CC1(CN)CCC1. The minimum Gasteiger partial charge on any atom is -0.461 e. The van der Waals surface area contributed by atoms with Gasteiger partial charge in [0, 0.05) is 28.4 Å².